The van der Waals surface area contributed by atoms with E-state index in [9.17, 15) is 0 Å². The van der Waals surface area contributed by atoms with Crippen LogP contribution in [0.2, 0.25) is 0 Å². The van der Waals surface area contributed by atoms with Crippen molar-refractivity contribution < 1.29 is 48.0 Å². The first-order valence-electron chi connectivity index (χ1n) is 10.5. The van der Waals surface area contributed by atoms with Gasteiger partial charge in [-0.05, 0) is 0 Å². The Bertz CT molecular complexity index is 668. The molecular weight excluding hydrogens is 450 g/mol. The van der Waals surface area contributed by atoms with Crippen LogP contribution in [0.4, 0.5) is 0 Å². The topological polar surface area (TPSA) is 0 Å². The molecule has 27 heavy (non-hydrogen) atoms. The van der Waals surface area contributed by atoms with E-state index in [1.165, 1.54) is 51.4 Å². The van der Waals surface area contributed by atoms with E-state index in [1.54, 1.807) is 22.3 Å². The summed E-state index contributed by atoms with van der Waals surface area (Å²) in [4.78, 5) is 0. The van der Waals surface area contributed by atoms with Crippen LogP contribution in [0.5, 0.6) is 0 Å². The minimum Gasteiger partial charge on any atom is -1.00 e. The molecule has 0 spiro atoms. The molecule has 0 aliphatic heterocycles. The van der Waals surface area contributed by atoms with Gasteiger partial charge in [0, 0.05) is 0 Å². The fourth-order valence-electron chi connectivity index (χ4n) is 5.05. The standard InChI is InChI=1S/C14H21.C10H15.2ClH.Zr/c1-2-12-9-10-14(11-12)13-7-5-3-4-6-8-13;1-7-6-10(4,5)9(3)8(7)2;;;/h10,13H,2-9H2,1H3;1-5H3;2*1H;/q;;;;+2/p-2. The molecule has 0 bridgehead atoms. The van der Waals surface area contributed by atoms with Crippen LogP contribution in [0, 0.1) is 11.3 Å². The second-order valence-electron chi connectivity index (χ2n) is 8.88. The normalized spacial score (nSPS) is 23.0. The summed E-state index contributed by atoms with van der Waals surface area (Å²) in [6.45, 7) is 14.5. The van der Waals surface area contributed by atoms with Crippen LogP contribution < -0.4 is 24.8 Å². The first kappa shape index (κ1) is 25.5. The van der Waals surface area contributed by atoms with Crippen molar-refractivity contribution in [2.75, 3.05) is 0 Å². The number of hydrogen-bond acceptors (Lipinski definition) is 0. The average molecular weight is 487 g/mol. The molecule has 3 aliphatic carbocycles. The average Bonchev–Trinajstić information content (AvgIpc) is 2.88. The van der Waals surface area contributed by atoms with Crippen molar-refractivity contribution in [2.45, 2.75) is 92.9 Å². The molecule has 1 fully saturated rings. The van der Waals surface area contributed by atoms with Gasteiger partial charge < -0.3 is 24.8 Å². The van der Waals surface area contributed by atoms with Gasteiger partial charge in [-0.3, -0.25) is 0 Å². The molecule has 0 atom stereocenters. The maximum atomic E-state index is 2.65. The van der Waals surface area contributed by atoms with Crippen molar-refractivity contribution in [3.05, 3.63) is 40.5 Å². The van der Waals surface area contributed by atoms with E-state index in [1.807, 2.05) is 12.1 Å². The Kier molecular flexibility index (Phi) is 9.86. The van der Waals surface area contributed by atoms with Crippen LogP contribution in [-0.4, -0.2) is 0 Å². The molecule has 0 radical (unpaired) electrons. The number of hydrogen-bond donors (Lipinski definition) is 0. The summed E-state index contributed by atoms with van der Waals surface area (Å²) in [5.41, 5.74) is 8.77. The summed E-state index contributed by atoms with van der Waals surface area (Å²) in [7, 11) is 0. The summed E-state index contributed by atoms with van der Waals surface area (Å²) < 4.78 is 3.76. The molecule has 0 saturated heterocycles. The molecule has 0 heterocycles. The monoisotopic (exact) mass is 484 g/mol. The summed E-state index contributed by atoms with van der Waals surface area (Å²) in [6.07, 6.45) is 13.9. The van der Waals surface area contributed by atoms with Crippen molar-refractivity contribution >= 4 is 0 Å². The molecule has 3 rings (SSSR count). The zero-order chi connectivity index (χ0) is 18.2. The third kappa shape index (κ3) is 4.95. The van der Waals surface area contributed by atoms with Gasteiger partial charge >= 0.3 is 168 Å². The first-order valence-corrected chi connectivity index (χ1v) is 12.9. The predicted molar refractivity (Wildman–Crippen MR) is 106 cm³/mol. The van der Waals surface area contributed by atoms with Crippen LogP contribution in [0.15, 0.2) is 40.5 Å². The Hall–Kier alpha value is 0.423. The van der Waals surface area contributed by atoms with E-state index < -0.39 is 23.2 Å². The van der Waals surface area contributed by atoms with Gasteiger partial charge in [-0.15, -0.1) is 0 Å². The van der Waals surface area contributed by atoms with Crippen LogP contribution in [0.25, 0.3) is 0 Å². The van der Waals surface area contributed by atoms with E-state index in [2.05, 4.69) is 47.6 Å². The van der Waals surface area contributed by atoms with Gasteiger partial charge in [-0.25, -0.2) is 0 Å². The van der Waals surface area contributed by atoms with Crippen LogP contribution in [-0.2, 0) is 23.2 Å². The van der Waals surface area contributed by atoms with Crippen molar-refractivity contribution in [3.63, 3.8) is 0 Å². The Morgan fingerprint density at radius 3 is 2.04 bits per heavy atom. The minimum atomic E-state index is -0.713. The molecule has 0 aromatic carbocycles. The molecule has 3 aliphatic rings. The molecule has 150 valence electrons. The zero-order valence-electron chi connectivity index (χ0n) is 18.1. The number of halogens is 2. The molecule has 3 heteroatoms. The quantitative estimate of drug-likeness (QED) is 0.531. The summed E-state index contributed by atoms with van der Waals surface area (Å²) in [5, 5.41) is 0. The molecule has 0 aromatic rings. The van der Waals surface area contributed by atoms with E-state index in [4.69, 9.17) is 0 Å². The Labute approximate surface area is 191 Å². The zero-order valence-corrected chi connectivity index (χ0v) is 22.0. The molecule has 0 nitrogen and oxygen atoms in total. The fraction of sp³-hybridized carbons (Fsp3) is 0.667. The van der Waals surface area contributed by atoms with Gasteiger partial charge in [-0.2, -0.15) is 0 Å². The second kappa shape index (κ2) is 10.5. The Morgan fingerprint density at radius 1 is 0.963 bits per heavy atom. The molecule has 0 N–H and O–H groups in total. The van der Waals surface area contributed by atoms with E-state index >= 15 is 0 Å². The molecule has 0 aromatic heterocycles. The molecule has 0 unspecified atom stereocenters. The second-order valence-corrected chi connectivity index (χ2v) is 12.0. The van der Waals surface area contributed by atoms with E-state index in [0.29, 0.717) is 5.41 Å². The smallest absolute Gasteiger partial charge is 1.00 e. The fourth-order valence-corrected chi connectivity index (χ4v) is 10.0. The van der Waals surface area contributed by atoms with Gasteiger partial charge in [0.2, 0.25) is 0 Å². The largest absolute Gasteiger partial charge is 1.00 e. The maximum absolute atomic E-state index is 2.65. The molecule has 0 amide bonds. The van der Waals surface area contributed by atoms with Crippen LogP contribution in [0.1, 0.15) is 92.9 Å². The third-order valence-electron chi connectivity index (χ3n) is 7.24. The van der Waals surface area contributed by atoms with Crippen molar-refractivity contribution in [1.29, 1.82) is 0 Å². The van der Waals surface area contributed by atoms with Gasteiger partial charge in [0.15, 0.2) is 0 Å². The summed E-state index contributed by atoms with van der Waals surface area (Å²) >= 11 is -0.713. The number of allylic oxidation sites excluding steroid dienone is 8. The van der Waals surface area contributed by atoms with Gasteiger partial charge in [-0.1, -0.05) is 0 Å². The van der Waals surface area contributed by atoms with Crippen molar-refractivity contribution in [2.24, 2.45) is 11.3 Å². The molecular formula is C24H36Cl2Zr. The van der Waals surface area contributed by atoms with Gasteiger partial charge in [0.05, 0.1) is 0 Å². The van der Waals surface area contributed by atoms with E-state index in [-0.39, 0.29) is 24.8 Å². The minimum absolute atomic E-state index is 0. The van der Waals surface area contributed by atoms with E-state index in [0.717, 1.165) is 5.92 Å². The third-order valence-corrected chi connectivity index (χ3v) is 12.5. The van der Waals surface area contributed by atoms with Crippen LogP contribution >= 0.6 is 0 Å². The predicted octanol–water partition coefficient (Wildman–Crippen LogP) is 1.69. The van der Waals surface area contributed by atoms with Crippen molar-refractivity contribution in [1.82, 2.24) is 0 Å². The number of rotatable bonds is 4. The first-order chi connectivity index (χ1) is 11.9. The maximum Gasteiger partial charge on any atom is -1.00 e. The van der Waals surface area contributed by atoms with Gasteiger partial charge in [0.25, 0.3) is 0 Å². The Morgan fingerprint density at radius 2 is 1.56 bits per heavy atom. The Balaban J connectivity index is 0.00000182. The van der Waals surface area contributed by atoms with Crippen LogP contribution in [0.3, 0.4) is 0 Å². The summed E-state index contributed by atoms with van der Waals surface area (Å²) in [6, 6.07) is 0. The molecule has 1 saturated carbocycles. The SMILES string of the molecule is CCC1=[C]([Zr+2][C]2=C(C)C(C)=C(C)C2(C)C)C(C2CCCCCC2)=CC1.[Cl-].[Cl-]. The van der Waals surface area contributed by atoms with Crippen molar-refractivity contribution in [3.8, 4) is 0 Å². The summed E-state index contributed by atoms with van der Waals surface area (Å²) in [5.74, 6) is 0.878. The van der Waals surface area contributed by atoms with Gasteiger partial charge in [0.1, 0.15) is 0 Å².